The summed E-state index contributed by atoms with van der Waals surface area (Å²) in [6.07, 6.45) is 0. The monoisotopic (exact) mass is 269 g/mol. The van der Waals surface area contributed by atoms with Crippen LogP contribution >= 0.6 is 0 Å². The molecule has 0 fully saturated rings. The summed E-state index contributed by atoms with van der Waals surface area (Å²) in [5.74, 6) is 0.589. The molecular formula is C14H11N3O3. The maximum atomic E-state index is 10.8. The van der Waals surface area contributed by atoms with E-state index in [1.54, 1.807) is 26.0 Å². The molecule has 0 bridgehead atoms. The summed E-state index contributed by atoms with van der Waals surface area (Å²) in [6, 6.07) is 9.49. The van der Waals surface area contributed by atoms with E-state index in [9.17, 15) is 10.1 Å². The molecule has 0 aliphatic rings. The number of hydrogen-bond acceptors (Lipinski definition) is 5. The highest BCUT2D eigenvalue weighted by Crippen LogP contribution is 2.28. The number of hydrogen-bond donors (Lipinski definition) is 0. The molecule has 0 amide bonds. The number of ether oxygens (including phenoxy) is 1. The van der Waals surface area contributed by atoms with E-state index in [0.29, 0.717) is 17.0 Å². The number of non-ortho nitro benzene ring substituents is 1. The summed E-state index contributed by atoms with van der Waals surface area (Å²) in [4.78, 5) is 14.4. The average Bonchev–Trinajstić information content (AvgIpc) is 2.40. The third-order valence-corrected chi connectivity index (χ3v) is 2.66. The standard InChI is InChI=1S/C14H11N3O3/c1-9-3-4-12(17(18)19)7-13(9)20-14-6-11(8-15)5-10(2)16-14/h3-7H,1-2H3. The highest BCUT2D eigenvalue weighted by atomic mass is 16.6. The maximum absolute atomic E-state index is 10.8. The Hall–Kier alpha value is -2.94. The van der Waals surface area contributed by atoms with Gasteiger partial charge in [0.2, 0.25) is 5.88 Å². The average molecular weight is 269 g/mol. The van der Waals surface area contributed by atoms with Gasteiger partial charge < -0.3 is 4.74 Å². The molecular weight excluding hydrogens is 258 g/mol. The van der Waals surface area contributed by atoms with Gasteiger partial charge in [0, 0.05) is 17.8 Å². The van der Waals surface area contributed by atoms with Crippen LogP contribution in [0.4, 0.5) is 5.69 Å². The third-order valence-electron chi connectivity index (χ3n) is 2.66. The van der Waals surface area contributed by atoms with Gasteiger partial charge in [-0.1, -0.05) is 0 Å². The Morgan fingerprint density at radius 1 is 1.30 bits per heavy atom. The number of nitrogens with zero attached hydrogens (tertiary/aromatic N) is 3. The molecule has 100 valence electrons. The number of aryl methyl sites for hydroxylation is 2. The van der Waals surface area contributed by atoms with Crippen LogP contribution in [0.15, 0.2) is 30.3 Å². The van der Waals surface area contributed by atoms with Gasteiger partial charge in [0.15, 0.2) is 0 Å². The fourth-order valence-corrected chi connectivity index (χ4v) is 1.68. The van der Waals surface area contributed by atoms with Crippen LogP contribution < -0.4 is 4.74 Å². The minimum Gasteiger partial charge on any atom is -0.438 e. The maximum Gasteiger partial charge on any atom is 0.273 e. The molecule has 0 radical (unpaired) electrons. The lowest BCUT2D eigenvalue weighted by molar-refractivity contribution is -0.384. The molecule has 0 aliphatic carbocycles. The predicted octanol–water partition coefficient (Wildman–Crippen LogP) is 3.27. The zero-order valence-corrected chi connectivity index (χ0v) is 11.0. The summed E-state index contributed by atoms with van der Waals surface area (Å²) in [5, 5.41) is 19.7. The molecule has 0 spiro atoms. The first kappa shape index (κ1) is 13.5. The predicted molar refractivity (Wildman–Crippen MR) is 71.6 cm³/mol. The van der Waals surface area contributed by atoms with Crippen molar-refractivity contribution in [2.75, 3.05) is 0 Å². The summed E-state index contributed by atoms with van der Waals surface area (Å²) in [6.45, 7) is 3.52. The minimum absolute atomic E-state index is 0.0567. The summed E-state index contributed by atoms with van der Waals surface area (Å²) >= 11 is 0. The van der Waals surface area contributed by atoms with E-state index < -0.39 is 4.92 Å². The van der Waals surface area contributed by atoms with Crippen molar-refractivity contribution in [3.05, 3.63) is 57.3 Å². The van der Waals surface area contributed by atoms with Crippen molar-refractivity contribution in [1.82, 2.24) is 4.98 Å². The normalized spacial score (nSPS) is 9.85. The molecule has 2 rings (SSSR count). The smallest absolute Gasteiger partial charge is 0.273 e. The Bertz CT molecular complexity index is 720. The lowest BCUT2D eigenvalue weighted by atomic mass is 10.2. The van der Waals surface area contributed by atoms with Crippen LogP contribution in [0.2, 0.25) is 0 Å². The van der Waals surface area contributed by atoms with Gasteiger partial charge in [0.05, 0.1) is 22.6 Å². The van der Waals surface area contributed by atoms with E-state index in [1.165, 1.54) is 18.2 Å². The summed E-state index contributed by atoms with van der Waals surface area (Å²) in [5.41, 5.74) is 1.76. The summed E-state index contributed by atoms with van der Waals surface area (Å²) < 4.78 is 5.56. The molecule has 0 aliphatic heterocycles. The van der Waals surface area contributed by atoms with Crippen molar-refractivity contribution in [2.24, 2.45) is 0 Å². The number of benzene rings is 1. The Balaban J connectivity index is 2.39. The van der Waals surface area contributed by atoms with Crippen LogP contribution in [0.5, 0.6) is 11.6 Å². The van der Waals surface area contributed by atoms with Gasteiger partial charge in [-0.3, -0.25) is 10.1 Å². The fraction of sp³-hybridized carbons (Fsp3) is 0.143. The van der Waals surface area contributed by atoms with Crippen LogP contribution in [0.25, 0.3) is 0 Å². The molecule has 6 nitrogen and oxygen atoms in total. The molecule has 0 N–H and O–H groups in total. The van der Waals surface area contributed by atoms with Gasteiger partial charge in [0.25, 0.3) is 5.69 Å². The molecule has 1 aromatic heterocycles. The van der Waals surface area contributed by atoms with Gasteiger partial charge in [-0.2, -0.15) is 5.26 Å². The SMILES string of the molecule is Cc1cc(C#N)cc(Oc2cc([N+](=O)[O-])ccc2C)n1. The number of nitro groups is 1. The van der Waals surface area contributed by atoms with Gasteiger partial charge in [-0.05, 0) is 31.5 Å². The highest BCUT2D eigenvalue weighted by Gasteiger charge is 2.11. The van der Waals surface area contributed by atoms with Crippen molar-refractivity contribution >= 4 is 5.69 Å². The molecule has 0 unspecified atom stereocenters. The van der Waals surface area contributed by atoms with E-state index >= 15 is 0 Å². The van der Waals surface area contributed by atoms with Crippen molar-refractivity contribution in [2.45, 2.75) is 13.8 Å². The first-order chi connectivity index (χ1) is 9.49. The molecule has 1 aromatic carbocycles. The van der Waals surface area contributed by atoms with Crippen LogP contribution in [-0.4, -0.2) is 9.91 Å². The van der Waals surface area contributed by atoms with E-state index in [1.807, 2.05) is 6.07 Å². The van der Waals surface area contributed by atoms with Crippen LogP contribution in [0.3, 0.4) is 0 Å². The van der Waals surface area contributed by atoms with Crippen molar-refractivity contribution in [3.63, 3.8) is 0 Å². The van der Waals surface area contributed by atoms with Gasteiger partial charge >= 0.3 is 0 Å². The molecule has 6 heteroatoms. The Morgan fingerprint density at radius 2 is 2.05 bits per heavy atom. The quantitative estimate of drug-likeness (QED) is 0.630. The van der Waals surface area contributed by atoms with Gasteiger partial charge in [-0.25, -0.2) is 4.98 Å². The number of nitriles is 1. The zero-order chi connectivity index (χ0) is 14.7. The third kappa shape index (κ3) is 2.90. The number of nitro benzene ring substituents is 1. The lowest BCUT2D eigenvalue weighted by Crippen LogP contribution is -1.95. The second-order valence-corrected chi connectivity index (χ2v) is 4.26. The summed E-state index contributed by atoms with van der Waals surface area (Å²) in [7, 11) is 0. The van der Waals surface area contributed by atoms with E-state index in [2.05, 4.69) is 4.98 Å². The topological polar surface area (TPSA) is 89.0 Å². The Kier molecular flexibility index (Phi) is 3.62. The van der Waals surface area contributed by atoms with E-state index in [0.717, 1.165) is 5.56 Å². The first-order valence-corrected chi connectivity index (χ1v) is 5.81. The molecule has 2 aromatic rings. The molecule has 1 heterocycles. The molecule has 20 heavy (non-hydrogen) atoms. The lowest BCUT2D eigenvalue weighted by Gasteiger charge is -2.08. The number of rotatable bonds is 3. The van der Waals surface area contributed by atoms with Gasteiger partial charge in [0.1, 0.15) is 5.75 Å². The first-order valence-electron chi connectivity index (χ1n) is 5.81. The number of aromatic nitrogens is 1. The van der Waals surface area contributed by atoms with Crippen LogP contribution in [0, 0.1) is 35.3 Å². The molecule has 0 saturated carbocycles. The van der Waals surface area contributed by atoms with E-state index in [-0.39, 0.29) is 11.6 Å². The number of pyridine rings is 1. The van der Waals surface area contributed by atoms with E-state index in [4.69, 9.17) is 10.00 Å². The van der Waals surface area contributed by atoms with Gasteiger partial charge in [-0.15, -0.1) is 0 Å². The zero-order valence-electron chi connectivity index (χ0n) is 11.0. The second kappa shape index (κ2) is 5.36. The van der Waals surface area contributed by atoms with Crippen LogP contribution in [0.1, 0.15) is 16.8 Å². The van der Waals surface area contributed by atoms with Crippen molar-refractivity contribution in [3.8, 4) is 17.7 Å². The van der Waals surface area contributed by atoms with Crippen LogP contribution in [-0.2, 0) is 0 Å². The molecule has 0 saturated heterocycles. The molecule has 0 atom stereocenters. The highest BCUT2D eigenvalue weighted by molar-refractivity contribution is 5.45. The Labute approximate surface area is 115 Å². The largest absolute Gasteiger partial charge is 0.438 e. The van der Waals surface area contributed by atoms with Crippen molar-refractivity contribution < 1.29 is 9.66 Å². The second-order valence-electron chi connectivity index (χ2n) is 4.26. The fourth-order valence-electron chi connectivity index (χ4n) is 1.68. The van der Waals surface area contributed by atoms with Crippen molar-refractivity contribution in [1.29, 1.82) is 5.26 Å². The minimum atomic E-state index is -0.489. The Morgan fingerprint density at radius 3 is 2.70 bits per heavy atom.